The molecule has 12 heavy (non-hydrogen) atoms. The van der Waals surface area contributed by atoms with Crippen LogP contribution in [0.15, 0.2) is 41.1 Å². The highest BCUT2D eigenvalue weighted by atomic mass is 14.7. The van der Waals surface area contributed by atoms with Crippen molar-refractivity contribution >= 4 is 17.5 Å². The fourth-order valence-corrected chi connectivity index (χ4v) is 1.19. The van der Waals surface area contributed by atoms with Gasteiger partial charge >= 0.3 is 0 Å². The average molecular weight is 155 g/mol. The van der Waals surface area contributed by atoms with E-state index in [4.69, 9.17) is 0 Å². The molecule has 0 saturated heterocycles. The highest BCUT2D eigenvalue weighted by Gasteiger charge is 1.97. The van der Waals surface area contributed by atoms with E-state index in [0.29, 0.717) is 0 Å². The molecular formula is C11H9N. The standard InChI is InChI=1S/C11H9N/c1-9-5-4-7-10-6-2-3-8-11(10)12-9/h2-3,5-8H,1H3. The van der Waals surface area contributed by atoms with E-state index in [1.807, 2.05) is 43.3 Å². The molecule has 0 fully saturated rings. The van der Waals surface area contributed by atoms with Gasteiger partial charge in [-0.3, -0.25) is 4.99 Å². The van der Waals surface area contributed by atoms with Crippen LogP contribution in [0.3, 0.4) is 0 Å². The van der Waals surface area contributed by atoms with Gasteiger partial charge in [-0.05, 0) is 19.1 Å². The van der Waals surface area contributed by atoms with Gasteiger partial charge in [0.2, 0.25) is 0 Å². The Balaban J connectivity index is 2.67. The summed E-state index contributed by atoms with van der Waals surface area (Å²) in [6.45, 7) is 1.98. The van der Waals surface area contributed by atoms with E-state index in [-0.39, 0.29) is 0 Å². The maximum atomic E-state index is 4.41. The topological polar surface area (TPSA) is 12.4 Å². The van der Waals surface area contributed by atoms with Gasteiger partial charge in [-0.1, -0.05) is 18.2 Å². The van der Waals surface area contributed by atoms with E-state index in [9.17, 15) is 0 Å². The number of hydrogen-bond donors (Lipinski definition) is 0. The first kappa shape index (κ1) is 7.08. The predicted molar refractivity (Wildman–Crippen MR) is 51.8 cm³/mol. The second-order valence-corrected chi connectivity index (χ2v) is 2.77. The molecule has 0 N–H and O–H groups in total. The number of hydrogen-bond acceptors (Lipinski definition) is 1. The van der Waals surface area contributed by atoms with E-state index in [1.54, 1.807) is 0 Å². The summed E-state index contributed by atoms with van der Waals surface area (Å²) < 4.78 is 0. The van der Waals surface area contributed by atoms with Crippen molar-refractivity contribution in [2.45, 2.75) is 6.92 Å². The van der Waals surface area contributed by atoms with Crippen LogP contribution in [0.1, 0.15) is 12.5 Å². The van der Waals surface area contributed by atoms with Crippen LogP contribution in [-0.2, 0) is 0 Å². The molecule has 1 aliphatic heterocycles. The van der Waals surface area contributed by atoms with Gasteiger partial charge in [0.05, 0.1) is 5.69 Å². The molecule has 58 valence electrons. The first-order chi connectivity index (χ1) is 5.86. The molecule has 1 heteroatoms. The van der Waals surface area contributed by atoms with E-state index in [2.05, 4.69) is 10.7 Å². The molecule has 1 heterocycles. The van der Waals surface area contributed by atoms with Crippen LogP contribution >= 0.6 is 0 Å². The summed E-state index contributed by atoms with van der Waals surface area (Å²) in [7, 11) is 0. The predicted octanol–water partition coefficient (Wildman–Crippen LogP) is 2.96. The summed E-state index contributed by atoms with van der Waals surface area (Å²) in [5, 5.41) is 0. The number of aliphatic imine (C=N–C) groups is 1. The first-order valence-corrected chi connectivity index (χ1v) is 3.93. The van der Waals surface area contributed by atoms with Gasteiger partial charge in [-0.15, -0.1) is 5.73 Å². The van der Waals surface area contributed by atoms with Gasteiger partial charge in [0.25, 0.3) is 0 Å². The van der Waals surface area contributed by atoms with Gasteiger partial charge in [-0.2, -0.15) is 0 Å². The summed E-state index contributed by atoms with van der Waals surface area (Å²) in [4.78, 5) is 4.41. The molecule has 1 aliphatic rings. The molecule has 1 aromatic carbocycles. The molecule has 1 aromatic rings. The zero-order valence-electron chi connectivity index (χ0n) is 6.91. The van der Waals surface area contributed by atoms with Gasteiger partial charge in [-0.25, -0.2) is 0 Å². The maximum absolute atomic E-state index is 4.41. The number of allylic oxidation sites excluding steroid dienone is 1. The molecule has 0 spiro atoms. The Hall–Kier alpha value is -1.59. The Morgan fingerprint density at radius 1 is 1.17 bits per heavy atom. The Bertz CT molecular complexity index is 393. The molecule has 0 aromatic heterocycles. The second kappa shape index (κ2) is 2.80. The summed E-state index contributed by atoms with van der Waals surface area (Å²) in [5.41, 5.74) is 6.22. The van der Waals surface area contributed by atoms with Crippen molar-refractivity contribution in [2.75, 3.05) is 0 Å². The quantitative estimate of drug-likeness (QED) is 0.511. The Labute approximate surface area is 71.8 Å². The van der Waals surface area contributed by atoms with Crippen molar-refractivity contribution in [3.8, 4) is 0 Å². The minimum atomic E-state index is 0.996. The van der Waals surface area contributed by atoms with E-state index >= 15 is 0 Å². The highest BCUT2D eigenvalue weighted by molar-refractivity contribution is 5.96. The lowest BCUT2D eigenvalue weighted by Crippen LogP contribution is -1.80. The van der Waals surface area contributed by atoms with Crippen molar-refractivity contribution in [2.24, 2.45) is 4.99 Å². The normalized spacial score (nSPS) is 13.6. The lowest BCUT2D eigenvalue weighted by Gasteiger charge is -1.97. The SMILES string of the molecule is CC1=Nc2ccccc2C=C=C1. The second-order valence-electron chi connectivity index (χ2n) is 2.77. The van der Waals surface area contributed by atoms with Crippen LogP contribution in [0.25, 0.3) is 6.08 Å². The molecule has 0 bridgehead atoms. The van der Waals surface area contributed by atoms with Gasteiger partial charge in [0, 0.05) is 17.4 Å². The Morgan fingerprint density at radius 2 is 2.00 bits per heavy atom. The monoisotopic (exact) mass is 155 g/mol. The summed E-state index contributed by atoms with van der Waals surface area (Å²) in [6, 6.07) is 8.05. The Morgan fingerprint density at radius 3 is 2.92 bits per heavy atom. The minimum Gasteiger partial charge on any atom is -0.252 e. The number of para-hydroxylation sites is 1. The largest absolute Gasteiger partial charge is 0.252 e. The third-order valence-corrected chi connectivity index (χ3v) is 1.76. The van der Waals surface area contributed by atoms with Crippen molar-refractivity contribution in [3.63, 3.8) is 0 Å². The highest BCUT2D eigenvalue weighted by Crippen LogP contribution is 2.21. The van der Waals surface area contributed by atoms with Crippen molar-refractivity contribution in [1.82, 2.24) is 0 Å². The maximum Gasteiger partial charge on any atom is 0.0711 e. The van der Waals surface area contributed by atoms with Crippen LogP contribution in [0, 0.1) is 0 Å². The van der Waals surface area contributed by atoms with Crippen molar-refractivity contribution < 1.29 is 0 Å². The summed E-state index contributed by atoms with van der Waals surface area (Å²) in [6.07, 6.45) is 3.84. The number of nitrogens with zero attached hydrogens (tertiary/aromatic N) is 1. The van der Waals surface area contributed by atoms with Crippen LogP contribution in [0.4, 0.5) is 5.69 Å². The molecule has 0 saturated carbocycles. The minimum absolute atomic E-state index is 0.996. The fraction of sp³-hybridized carbons (Fsp3) is 0.0909. The third kappa shape index (κ3) is 1.23. The van der Waals surface area contributed by atoms with Crippen molar-refractivity contribution in [1.29, 1.82) is 0 Å². The molecule has 0 atom stereocenters. The van der Waals surface area contributed by atoms with E-state index < -0.39 is 0 Å². The fourth-order valence-electron chi connectivity index (χ4n) is 1.19. The number of rotatable bonds is 0. The van der Waals surface area contributed by atoms with E-state index in [1.165, 1.54) is 0 Å². The molecule has 0 unspecified atom stereocenters. The lowest BCUT2D eigenvalue weighted by molar-refractivity contribution is 1.49. The zero-order valence-corrected chi connectivity index (χ0v) is 6.91. The molecule has 2 rings (SSSR count). The van der Waals surface area contributed by atoms with Gasteiger partial charge < -0.3 is 0 Å². The van der Waals surface area contributed by atoms with Gasteiger partial charge in [0.1, 0.15) is 0 Å². The first-order valence-electron chi connectivity index (χ1n) is 3.93. The van der Waals surface area contributed by atoms with Crippen LogP contribution in [-0.4, -0.2) is 5.71 Å². The van der Waals surface area contributed by atoms with Gasteiger partial charge in [0.15, 0.2) is 0 Å². The molecular weight excluding hydrogens is 146 g/mol. The molecule has 0 radical (unpaired) electrons. The third-order valence-electron chi connectivity index (χ3n) is 1.76. The number of fused-ring (bicyclic) bond motifs is 1. The number of benzene rings is 1. The molecule has 1 nitrogen and oxygen atoms in total. The van der Waals surface area contributed by atoms with Crippen molar-refractivity contribution in [3.05, 3.63) is 41.6 Å². The average Bonchev–Trinajstić information content (AvgIpc) is 2.25. The summed E-state index contributed by atoms with van der Waals surface area (Å²) in [5.74, 6) is 0. The molecule has 0 amide bonds. The van der Waals surface area contributed by atoms with Crippen LogP contribution in [0.5, 0.6) is 0 Å². The summed E-state index contributed by atoms with van der Waals surface area (Å²) >= 11 is 0. The molecule has 0 aliphatic carbocycles. The smallest absolute Gasteiger partial charge is 0.0711 e. The van der Waals surface area contributed by atoms with E-state index in [0.717, 1.165) is 17.0 Å². The lowest BCUT2D eigenvalue weighted by atomic mass is 10.2. The zero-order chi connectivity index (χ0) is 8.39. The van der Waals surface area contributed by atoms with Crippen LogP contribution < -0.4 is 0 Å². The van der Waals surface area contributed by atoms with Crippen LogP contribution in [0.2, 0.25) is 0 Å². The Kier molecular flexibility index (Phi) is 1.65.